The predicted molar refractivity (Wildman–Crippen MR) is 65.3 cm³/mol. The van der Waals surface area contributed by atoms with E-state index < -0.39 is 0 Å². The van der Waals surface area contributed by atoms with E-state index >= 15 is 0 Å². The zero-order valence-corrected chi connectivity index (χ0v) is 9.89. The van der Waals surface area contributed by atoms with Gasteiger partial charge in [-0.3, -0.25) is 5.41 Å². The second-order valence-electron chi connectivity index (χ2n) is 4.02. The number of nitrogens with two attached hydrogens (primary N) is 1. The predicted octanol–water partition coefficient (Wildman–Crippen LogP) is 0.376. The van der Waals surface area contributed by atoms with Crippen molar-refractivity contribution in [1.29, 1.82) is 5.41 Å². The van der Waals surface area contributed by atoms with Crippen LogP contribution in [0.5, 0.6) is 0 Å². The fourth-order valence-corrected chi connectivity index (χ4v) is 1.92. The molecule has 0 bridgehead atoms. The molecule has 1 aromatic rings. The Labute approximate surface area is 100 Å². The minimum atomic E-state index is 0.000130. The Morgan fingerprint density at radius 2 is 2.53 bits per heavy atom. The van der Waals surface area contributed by atoms with Crippen molar-refractivity contribution in [3.63, 3.8) is 0 Å². The summed E-state index contributed by atoms with van der Waals surface area (Å²) < 4.78 is 5.61. The van der Waals surface area contributed by atoms with Gasteiger partial charge in [0.05, 0.1) is 18.3 Å². The molecule has 1 fully saturated rings. The lowest BCUT2D eigenvalue weighted by molar-refractivity contribution is 0.0381. The fourth-order valence-electron chi connectivity index (χ4n) is 1.92. The summed E-state index contributed by atoms with van der Waals surface area (Å²) in [5.41, 5.74) is 6.12. The summed E-state index contributed by atoms with van der Waals surface area (Å²) in [6.45, 7) is 4.33. The molecule has 6 nitrogen and oxygen atoms in total. The second-order valence-corrected chi connectivity index (χ2v) is 4.02. The van der Waals surface area contributed by atoms with Gasteiger partial charge in [0.2, 0.25) is 0 Å². The molecule has 0 aromatic carbocycles. The number of hydrogen-bond donors (Lipinski definition) is 2. The standard InChI is InChI=1S/C11H17N5O/c1-2-8-6-16(3-4-17-8)11-9(10(12)13)5-14-7-15-11/h5,7-8H,2-4,6H2,1H3,(H3,12,13). The molecule has 0 saturated carbocycles. The molecule has 17 heavy (non-hydrogen) atoms. The van der Waals surface area contributed by atoms with Crippen molar-refractivity contribution in [3.8, 4) is 0 Å². The number of rotatable bonds is 3. The molecule has 6 heteroatoms. The Kier molecular flexibility index (Phi) is 3.53. The van der Waals surface area contributed by atoms with Gasteiger partial charge in [0.1, 0.15) is 18.0 Å². The van der Waals surface area contributed by atoms with Crippen molar-refractivity contribution in [2.24, 2.45) is 5.73 Å². The van der Waals surface area contributed by atoms with Gasteiger partial charge >= 0.3 is 0 Å². The van der Waals surface area contributed by atoms with E-state index in [0.717, 1.165) is 25.3 Å². The maximum absolute atomic E-state index is 7.53. The summed E-state index contributed by atoms with van der Waals surface area (Å²) in [4.78, 5) is 10.2. The summed E-state index contributed by atoms with van der Waals surface area (Å²) in [7, 11) is 0. The molecule has 2 heterocycles. The first-order valence-electron chi connectivity index (χ1n) is 5.73. The molecule has 1 saturated heterocycles. The molecule has 1 unspecified atom stereocenters. The van der Waals surface area contributed by atoms with Crippen LogP contribution in [0.2, 0.25) is 0 Å². The van der Waals surface area contributed by atoms with Crippen molar-refractivity contribution < 1.29 is 4.74 Å². The Balaban J connectivity index is 2.24. The molecule has 1 atom stereocenters. The van der Waals surface area contributed by atoms with Crippen LogP contribution in [0.4, 0.5) is 5.82 Å². The molecule has 0 radical (unpaired) electrons. The minimum Gasteiger partial charge on any atom is -0.384 e. The third kappa shape index (κ3) is 2.52. The van der Waals surface area contributed by atoms with Crippen molar-refractivity contribution in [2.75, 3.05) is 24.6 Å². The van der Waals surface area contributed by atoms with E-state index in [1.165, 1.54) is 6.33 Å². The van der Waals surface area contributed by atoms with Gasteiger partial charge in [-0.2, -0.15) is 0 Å². The van der Waals surface area contributed by atoms with Gasteiger partial charge in [-0.25, -0.2) is 9.97 Å². The number of nitrogens with one attached hydrogen (secondary N) is 1. The Morgan fingerprint density at radius 1 is 1.71 bits per heavy atom. The summed E-state index contributed by atoms with van der Waals surface area (Å²) in [6, 6.07) is 0. The average molecular weight is 235 g/mol. The van der Waals surface area contributed by atoms with Crippen LogP contribution in [0.3, 0.4) is 0 Å². The van der Waals surface area contributed by atoms with E-state index in [9.17, 15) is 0 Å². The maximum atomic E-state index is 7.53. The van der Waals surface area contributed by atoms with Gasteiger partial charge < -0.3 is 15.4 Å². The highest BCUT2D eigenvalue weighted by molar-refractivity contribution is 5.99. The van der Waals surface area contributed by atoms with Crippen LogP contribution in [0.1, 0.15) is 18.9 Å². The number of ether oxygens (including phenoxy) is 1. The van der Waals surface area contributed by atoms with Crippen LogP contribution in [-0.2, 0) is 4.74 Å². The van der Waals surface area contributed by atoms with Crippen molar-refractivity contribution in [2.45, 2.75) is 19.4 Å². The van der Waals surface area contributed by atoms with Crippen LogP contribution >= 0.6 is 0 Å². The first-order valence-corrected chi connectivity index (χ1v) is 5.73. The van der Waals surface area contributed by atoms with Crippen molar-refractivity contribution >= 4 is 11.7 Å². The molecule has 0 aliphatic carbocycles. The SMILES string of the molecule is CCC1CN(c2ncncc2C(=N)N)CCO1. The van der Waals surface area contributed by atoms with Gasteiger partial charge in [0.15, 0.2) is 0 Å². The van der Waals surface area contributed by atoms with Crippen LogP contribution in [0.25, 0.3) is 0 Å². The van der Waals surface area contributed by atoms with Crippen LogP contribution in [0, 0.1) is 5.41 Å². The number of hydrogen-bond acceptors (Lipinski definition) is 5. The number of morpholine rings is 1. The Bertz CT molecular complexity index is 409. The molecule has 1 aromatic heterocycles. The Hall–Kier alpha value is -1.69. The molecule has 1 aliphatic heterocycles. The van der Waals surface area contributed by atoms with Gasteiger partial charge in [-0.05, 0) is 6.42 Å². The summed E-state index contributed by atoms with van der Waals surface area (Å²) in [6.07, 6.45) is 4.26. The van der Waals surface area contributed by atoms with E-state index in [-0.39, 0.29) is 11.9 Å². The highest BCUT2D eigenvalue weighted by atomic mass is 16.5. The van der Waals surface area contributed by atoms with E-state index in [1.807, 2.05) is 0 Å². The second kappa shape index (κ2) is 5.09. The first-order chi connectivity index (χ1) is 8.22. The summed E-state index contributed by atoms with van der Waals surface area (Å²) >= 11 is 0. The zero-order valence-electron chi connectivity index (χ0n) is 9.89. The molecule has 2 rings (SSSR count). The van der Waals surface area contributed by atoms with Gasteiger partial charge in [0.25, 0.3) is 0 Å². The van der Waals surface area contributed by atoms with E-state index in [1.54, 1.807) is 6.20 Å². The number of anilines is 1. The molecule has 1 aliphatic rings. The zero-order chi connectivity index (χ0) is 12.3. The summed E-state index contributed by atoms with van der Waals surface area (Å²) in [5.74, 6) is 0.731. The Morgan fingerprint density at radius 3 is 3.24 bits per heavy atom. The molecule has 92 valence electrons. The van der Waals surface area contributed by atoms with E-state index in [4.69, 9.17) is 15.9 Å². The molecular formula is C11H17N5O. The highest BCUT2D eigenvalue weighted by Gasteiger charge is 2.22. The number of aromatic nitrogens is 2. The monoisotopic (exact) mass is 235 g/mol. The van der Waals surface area contributed by atoms with Gasteiger partial charge in [0, 0.05) is 19.3 Å². The lowest BCUT2D eigenvalue weighted by Crippen LogP contribution is -2.43. The topological polar surface area (TPSA) is 88.1 Å². The number of amidine groups is 1. The average Bonchev–Trinajstić information content (AvgIpc) is 2.39. The minimum absolute atomic E-state index is 0.000130. The van der Waals surface area contributed by atoms with Gasteiger partial charge in [-0.1, -0.05) is 6.92 Å². The molecule has 3 N–H and O–H groups in total. The lowest BCUT2D eigenvalue weighted by atomic mass is 10.2. The van der Waals surface area contributed by atoms with Crippen molar-refractivity contribution in [1.82, 2.24) is 9.97 Å². The molecule has 0 amide bonds. The highest BCUT2D eigenvalue weighted by Crippen LogP contribution is 2.19. The molecule has 0 spiro atoms. The van der Waals surface area contributed by atoms with Crippen LogP contribution < -0.4 is 10.6 Å². The number of nitrogen functional groups attached to an aromatic ring is 1. The largest absolute Gasteiger partial charge is 0.384 e. The first kappa shape index (κ1) is 11.8. The van der Waals surface area contributed by atoms with E-state index in [2.05, 4.69) is 21.8 Å². The quantitative estimate of drug-likeness (QED) is 0.584. The summed E-state index contributed by atoms with van der Waals surface area (Å²) in [5, 5.41) is 7.53. The van der Waals surface area contributed by atoms with E-state index in [0.29, 0.717) is 12.2 Å². The van der Waals surface area contributed by atoms with Gasteiger partial charge in [-0.15, -0.1) is 0 Å². The smallest absolute Gasteiger partial charge is 0.143 e. The fraction of sp³-hybridized carbons (Fsp3) is 0.545. The molecular weight excluding hydrogens is 218 g/mol. The lowest BCUT2D eigenvalue weighted by Gasteiger charge is -2.34. The van der Waals surface area contributed by atoms with Crippen molar-refractivity contribution in [3.05, 3.63) is 18.1 Å². The van der Waals surface area contributed by atoms with Crippen LogP contribution in [-0.4, -0.2) is 41.6 Å². The maximum Gasteiger partial charge on any atom is 0.143 e. The third-order valence-electron chi connectivity index (χ3n) is 2.88. The normalized spacial score (nSPS) is 20.3. The van der Waals surface area contributed by atoms with Crippen LogP contribution in [0.15, 0.2) is 12.5 Å². The number of nitrogens with zero attached hydrogens (tertiary/aromatic N) is 3. The third-order valence-corrected chi connectivity index (χ3v) is 2.88.